The standard InChI is InChI=1S/C23H21N5O3/c1-2-5-20(29)25-17-11-9-15(10-12-17)16-6-3-7-18(14-16)26-21-19-8-4-13-24-22(19)28(31)23(30)27-21/h3-4,6-14,31H,2,5H2,1H3,(H,25,29)(H,26,27,30). The van der Waals surface area contributed by atoms with Crippen molar-refractivity contribution in [3.05, 3.63) is 77.3 Å². The van der Waals surface area contributed by atoms with Crippen molar-refractivity contribution in [1.29, 1.82) is 0 Å². The Labute approximate surface area is 178 Å². The van der Waals surface area contributed by atoms with E-state index in [9.17, 15) is 14.8 Å². The average molecular weight is 415 g/mol. The van der Waals surface area contributed by atoms with Gasteiger partial charge < -0.3 is 15.8 Å². The number of nitrogens with zero attached hydrogens (tertiary/aromatic N) is 3. The fraction of sp³-hybridized carbons (Fsp3) is 0.130. The summed E-state index contributed by atoms with van der Waals surface area (Å²) in [6.07, 6.45) is 2.79. The van der Waals surface area contributed by atoms with Crippen LogP contribution in [0.5, 0.6) is 0 Å². The fourth-order valence-corrected chi connectivity index (χ4v) is 3.25. The van der Waals surface area contributed by atoms with Crippen LogP contribution in [0.4, 0.5) is 17.2 Å². The molecule has 8 heteroatoms. The predicted octanol–water partition coefficient (Wildman–Crippen LogP) is 4.18. The van der Waals surface area contributed by atoms with Crippen LogP contribution in [-0.4, -0.2) is 25.8 Å². The summed E-state index contributed by atoms with van der Waals surface area (Å²) in [7, 11) is 0. The summed E-state index contributed by atoms with van der Waals surface area (Å²) in [5.41, 5.74) is 2.72. The molecule has 3 N–H and O–H groups in total. The van der Waals surface area contributed by atoms with Gasteiger partial charge >= 0.3 is 5.69 Å². The molecule has 2 heterocycles. The van der Waals surface area contributed by atoms with Gasteiger partial charge in [0.05, 0.1) is 5.39 Å². The highest BCUT2D eigenvalue weighted by Crippen LogP contribution is 2.27. The Morgan fingerprint density at radius 3 is 2.61 bits per heavy atom. The van der Waals surface area contributed by atoms with Crippen LogP contribution >= 0.6 is 0 Å². The minimum Gasteiger partial charge on any atom is -0.422 e. The van der Waals surface area contributed by atoms with Gasteiger partial charge in [0.1, 0.15) is 5.82 Å². The van der Waals surface area contributed by atoms with Crippen LogP contribution in [0.2, 0.25) is 0 Å². The number of rotatable bonds is 6. The number of carbonyl (C=O) groups is 1. The van der Waals surface area contributed by atoms with E-state index in [1.807, 2.05) is 55.5 Å². The number of nitrogens with one attached hydrogen (secondary N) is 2. The van der Waals surface area contributed by atoms with Crippen molar-refractivity contribution in [1.82, 2.24) is 14.7 Å². The summed E-state index contributed by atoms with van der Waals surface area (Å²) in [6, 6.07) is 18.7. The zero-order chi connectivity index (χ0) is 21.8. The van der Waals surface area contributed by atoms with Gasteiger partial charge in [0.2, 0.25) is 5.91 Å². The maximum atomic E-state index is 12.0. The Kier molecular flexibility index (Phi) is 5.61. The molecule has 0 fully saturated rings. The minimum atomic E-state index is -0.814. The van der Waals surface area contributed by atoms with Crippen LogP contribution in [0, 0.1) is 0 Å². The molecule has 1 amide bonds. The van der Waals surface area contributed by atoms with E-state index in [2.05, 4.69) is 20.6 Å². The summed E-state index contributed by atoms with van der Waals surface area (Å²) < 4.78 is 0.428. The van der Waals surface area contributed by atoms with E-state index < -0.39 is 5.69 Å². The Morgan fingerprint density at radius 2 is 1.84 bits per heavy atom. The van der Waals surface area contributed by atoms with E-state index in [0.717, 1.165) is 28.9 Å². The van der Waals surface area contributed by atoms with Crippen molar-refractivity contribution < 1.29 is 10.0 Å². The highest BCUT2D eigenvalue weighted by Gasteiger charge is 2.11. The zero-order valence-corrected chi connectivity index (χ0v) is 16.9. The first kappa shape index (κ1) is 20.1. The topological polar surface area (TPSA) is 109 Å². The van der Waals surface area contributed by atoms with Gasteiger partial charge in [-0.3, -0.25) is 4.79 Å². The number of carbonyl (C=O) groups excluding carboxylic acids is 1. The van der Waals surface area contributed by atoms with Gasteiger partial charge in [-0.1, -0.05) is 31.2 Å². The molecule has 2 aromatic heterocycles. The predicted molar refractivity (Wildman–Crippen MR) is 120 cm³/mol. The molecule has 0 saturated heterocycles. The van der Waals surface area contributed by atoms with Crippen molar-refractivity contribution in [2.75, 3.05) is 10.6 Å². The van der Waals surface area contributed by atoms with E-state index in [1.54, 1.807) is 12.1 Å². The van der Waals surface area contributed by atoms with E-state index in [4.69, 9.17) is 0 Å². The molecule has 4 rings (SSSR count). The lowest BCUT2D eigenvalue weighted by molar-refractivity contribution is -0.116. The molecule has 0 bridgehead atoms. The van der Waals surface area contributed by atoms with Crippen LogP contribution in [0.1, 0.15) is 19.8 Å². The third-order valence-corrected chi connectivity index (χ3v) is 4.74. The lowest BCUT2D eigenvalue weighted by Gasteiger charge is -2.11. The molecule has 8 nitrogen and oxygen atoms in total. The van der Waals surface area contributed by atoms with Crippen LogP contribution in [0.15, 0.2) is 71.7 Å². The number of benzene rings is 2. The lowest BCUT2D eigenvalue weighted by Crippen LogP contribution is -2.23. The van der Waals surface area contributed by atoms with Gasteiger partial charge in [0.25, 0.3) is 0 Å². The third-order valence-electron chi connectivity index (χ3n) is 4.74. The molecule has 0 saturated carbocycles. The number of pyridine rings is 1. The first-order valence-corrected chi connectivity index (χ1v) is 9.89. The molecule has 0 aliphatic rings. The second-order valence-corrected chi connectivity index (χ2v) is 7.01. The lowest BCUT2D eigenvalue weighted by atomic mass is 10.0. The zero-order valence-electron chi connectivity index (χ0n) is 16.9. The van der Waals surface area contributed by atoms with Gasteiger partial charge in [-0.05, 0) is 53.9 Å². The summed E-state index contributed by atoms with van der Waals surface area (Å²) >= 11 is 0. The molecule has 0 atom stereocenters. The van der Waals surface area contributed by atoms with Gasteiger partial charge in [-0.2, -0.15) is 4.98 Å². The number of hydrogen-bond acceptors (Lipinski definition) is 6. The van der Waals surface area contributed by atoms with E-state index in [1.165, 1.54) is 6.20 Å². The number of fused-ring (bicyclic) bond motifs is 1. The summed E-state index contributed by atoms with van der Waals surface area (Å²) in [5.74, 6) is 0.310. The molecule has 4 aromatic rings. The van der Waals surface area contributed by atoms with Gasteiger partial charge in [0, 0.05) is 24.0 Å². The summed E-state index contributed by atoms with van der Waals surface area (Å²) in [6.45, 7) is 1.97. The Balaban J connectivity index is 1.60. The monoisotopic (exact) mass is 415 g/mol. The maximum Gasteiger partial charge on any atom is 0.384 e. The van der Waals surface area contributed by atoms with Crippen LogP contribution in [0.3, 0.4) is 0 Å². The Bertz CT molecular complexity index is 1300. The Hall–Kier alpha value is -4.20. The van der Waals surface area contributed by atoms with Gasteiger partial charge in [0.15, 0.2) is 5.65 Å². The SMILES string of the molecule is CCCC(=O)Nc1ccc(-c2cccc(Nc3nc(=O)n(O)c4ncccc34)c2)cc1. The van der Waals surface area contributed by atoms with E-state index in [0.29, 0.717) is 22.4 Å². The largest absolute Gasteiger partial charge is 0.422 e. The first-order valence-electron chi connectivity index (χ1n) is 9.89. The molecule has 2 aromatic carbocycles. The molecule has 0 aliphatic carbocycles. The van der Waals surface area contributed by atoms with Crippen molar-refractivity contribution in [2.24, 2.45) is 0 Å². The van der Waals surface area contributed by atoms with Crippen LogP contribution < -0.4 is 16.3 Å². The quantitative estimate of drug-likeness (QED) is 0.408. The molecule has 0 unspecified atom stereocenters. The molecule has 0 radical (unpaired) electrons. The molecule has 156 valence electrons. The third kappa shape index (κ3) is 4.37. The molecule has 0 aliphatic heterocycles. The Morgan fingerprint density at radius 1 is 1.03 bits per heavy atom. The number of hydrogen-bond donors (Lipinski definition) is 3. The van der Waals surface area contributed by atoms with Crippen molar-refractivity contribution in [2.45, 2.75) is 19.8 Å². The van der Waals surface area contributed by atoms with E-state index >= 15 is 0 Å². The smallest absolute Gasteiger partial charge is 0.384 e. The molecule has 0 spiro atoms. The first-order chi connectivity index (χ1) is 15.0. The highest BCUT2D eigenvalue weighted by atomic mass is 16.5. The average Bonchev–Trinajstić information content (AvgIpc) is 2.78. The van der Waals surface area contributed by atoms with Crippen molar-refractivity contribution in [3.63, 3.8) is 0 Å². The fourth-order valence-electron chi connectivity index (χ4n) is 3.25. The number of aromatic nitrogens is 3. The second kappa shape index (κ2) is 8.66. The summed E-state index contributed by atoms with van der Waals surface area (Å²) in [5, 5.41) is 16.4. The van der Waals surface area contributed by atoms with Gasteiger partial charge in [-0.25, -0.2) is 9.78 Å². The highest BCUT2D eigenvalue weighted by molar-refractivity contribution is 5.91. The molecular formula is C23H21N5O3. The van der Waals surface area contributed by atoms with Crippen LogP contribution in [0.25, 0.3) is 22.2 Å². The van der Waals surface area contributed by atoms with E-state index in [-0.39, 0.29) is 11.6 Å². The maximum absolute atomic E-state index is 12.0. The summed E-state index contributed by atoms with van der Waals surface area (Å²) in [4.78, 5) is 31.7. The molecule has 31 heavy (non-hydrogen) atoms. The number of anilines is 3. The van der Waals surface area contributed by atoms with Gasteiger partial charge in [-0.15, -0.1) is 4.73 Å². The van der Waals surface area contributed by atoms with Crippen molar-refractivity contribution >= 4 is 34.1 Å². The number of amides is 1. The minimum absolute atomic E-state index is 0.000433. The van der Waals surface area contributed by atoms with Crippen LogP contribution in [-0.2, 0) is 4.79 Å². The van der Waals surface area contributed by atoms with Crippen molar-refractivity contribution in [3.8, 4) is 11.1 Å². The normalized spacial score (nSPS) is 10.7. The second-order valence-electron chi connectivity index (χ2n) is 7.01. The molecular weight excluding hydrogens is 394 g/mol.